The fourth-order valence-corrected chi connectivity index (χ4v) is 2.48. The van der Waals surface area contributed by atoms with Crippen LogP contribution in [-0.4, -0.2) is 14.7 Å². The van der Waals surface area contributed by atoms with Crippen molar-refractivity contribution >= 4 is 29.1 Å². The van der Waals surface area contributed by atoms with Crippen LogP contribution in [0.1, 0.15) is 5.56 Å². The topological polar surface area (TPSA) is 61.0 Å². The molecule has 0 aliphatic rings. The minimum Gasteiger partial charge on any atom is -0.275 e. The minimum absolute atomic E-state index is 0.0547. The zero-order chi connectivity index (χ0) is 13.1. The number of aryl methyl sites for hydroxylation is 1. The van der Waals surface area contributed by atoms with Crippen molar-refractivity contribution in [1.29, 1.82) is 0 Å². The van der Waals surface area contributed by atoms with Crippen LogP contribution in [0, 0.1) is 10.1 Å². The number of hydrogen-bond donors (Lipinski definition) is 0. The largest absolute Gasteiger partial charge is 0.288 e. The van der Waals surface area contributed by atoms with Gasteiger partial charge in [0.15, 0.2) is 0 Å². The Morgan fingerprint density at radius 2 is 2.33 bits per heavy atom. The van der Waals surface area contributed by atoms with Crippen LogP contribution in [0.2, 0.25) is 5.02 Å². The average Bonchev–Trinajstić information content (AvgIpc) is 2.74. The third kappa shape index (κ3) is 3.02. The predicted molar refractivity (Wildman–Crippen MR) is 70.9 cm³/mol. The van der Waals surface area contributed by atoms with E-state index in [1.807, 2.05) is 13.2 Å². The number of nitro groups is 1. The standard InChI is InChI=1S/C11H10ClN3O2S/c1-14-6-9(5-13-14)18-7-8-2-3-10(12)11(4-8)15(16)17/h2-6H,7H2,1H3. The van der Waals surface area contributed by atoms with Crippen molar-refractivity contribution in [3.63, 3.8) is 0 Å². The van der Waals surface area contributed by atoms with E-state index >= 15 is 0 Å². The second kappa shape index (κ2) is 5.41. The Balaban J connectivity index is 2.10. The number of benzene rings is 1. The van der Waals surface area contributed by atoms with Gasteiger partial charge in [0.25, 0.3) is 5.69 Å². The van der Waals surface area contributed by atoms with E-state index in [0.29, 0.717) is 5.75 Å². The average molecular weight is 284 g/mol. The van der Waals surface area contributed by atoms with E-state index in [1.165, 1.54) is 6.07 Å². The highest BCUT2D eigenvalue weighted by Gasteiger charge is 2.12. The maximum Gasteiger partial charge on any atom is 0.288 e. The van der Waals surface area contributed by atoms with Crippen LogP contribution >= 0.6 is 23.4 Å². The molecule has 0 N–H and O–H groups in total. The van der Waals surface area contributed by atoms with Crippen LogP contribution in [0.4, 0.5) is 5.69 Å². The summed E-state index contributed by atoms with van der Waals surface area (Å²) in [5.41, 5.74) is 0.806. The number of rotatable bonds is 4. The Labute approximate surface area is 113 Å². The van der Waals surface area contributed by atoms with E-state index in [2.05, 4.69) is 5.10 Å². The van der Waals surface area contributed by atoms with Gasteiger partial charge in [-0.25, -0.2) is 0 Å². The van der Waals surface area contributed by atoms with Crippen LogP contribution in [0.5, 0.6) is 0 Å². The van der Waals surface area contributed by atoms with Crippen LogP contribution in [-0.2, 0) is 12.8 Å². The van der Waals surface area contributed by atoms with Gasteiger partial charge in [0.2, 0.25) is 0 Å². The molecule has 0 aliphatic heterocycles. The molecule has 0 saturated heterocycles. The van der Waals surface area contributed by atoms with Crippen molar-refractivity contribution in [1.82, 2.24) is 9.78 Å². The Hall–Kier alpha value is -1.53. The molecule has 0 aliphatic carbocycles. The molecule has 2 aromatic rings. The molecule has 7 heteroatoms. The van der Waals surface area contributed by atoms with E-state index < -0.39 is 4.92 Å². The van der Waals surface area contributed by atoms with Crippen LogP contribution in [0.25, 0.3) is 0 Å². The summed E-state index contributed by atoms with van der Waals surface area (Å²) in [6.07, 6.45) is 3.66. The van der Waals surface area contributed by atoms with Crippen molar-refractivity contribution < 1.29 is 4.92 Å². The number of aromatic nitrogens is 2. The zero-order valence-corrected chi connectivity index (χ0v) is 11.1. The molecular weight excluding hydrogens is 274 g/mol. The zero-order valence-electron chi connectivity index (χ0n) is 9.54. The maximum absolute atomic E-state index is 10.8. The van der Waals surface area contributed by atoms with Crippen LogP contribution in [0.15, 0.2) is 35.5 Å². The van der Waals surface area contributed by atoms with Gasteiger partial charge >= 0.3 is 0 Å². The molecule has 0 spiro atoms. The highest BCUT2D eigenvalue weighted by molar-refractivity contribution is 7.98. The molecule has 1 heterocycles. The van der Waals surface area contributed by atoms with Gasteiger partial charge in [0.1, 0.15) is 5.02 Å². The molecule has 18 heavy (non-hydrogen) atoms. The smallest absolute Gasteiger partial charge is 0.275 e. The highest BCUT2D eigenvalue weighted by atomic mass is 35.5. The van der Waals surface area contributed by atoms with Gasteiger partial charge < -0.3 is 0 Å². The number of hydrogen-bond acceptors (Lipinski definition) is 4. The van der Waals surface area contributed by atoms with Crippen LogP contribution < -0.4 is 0 Å². The normalized spacial score (nSPS) is 10.6. The van der Waals surface area contributed by atoms with Gasteiger partial charge in [-0.3, -0.25) is 14.8 Å². The fourth-order valence-electron chi connectivity index (χ4n) is 1.43. The minimum atomic E-state index is -0.472. The van der Waals surface area contributed by atoms with E-state index in [-0.39, 0.29) is 10.7 Å². The van der Waals surface area contributed by atoms with Gasteiger partial charge in [-0.15, -0.1) is 11.8 Å². The molecule has 0 fully saturated rings. The molecule has 5 nitrogen and oxygen atoms in total. The number of nitrogens with zero attached hydrogens (tertiary/aromatic N) is 3. The summed E-state index contributed by atoms with van der Waals surface area (Å²) in [5.74, 6) is 0.643. The van der Waals surface area contributed by atoms with Crippen molar-refractivity contribution in [3.05, 3.63) is 51.3 Å². The third-order valence-corrected chi connectivity index (χ3v) is 3.64. The molecule has 0 saturated carbocycles. The first-order valence-electron chi connectivity index (χ1n) is 5.10. The Morgan fingerprint density at radius 1 is 1.56 bits per heavy atom. The van der Waals surface area contributed by atoms with E-state index in [0.717, 1.165) is 10.5 Å². The summed E-state index contributed by atoms with van der Waals surface area (Å²) in [6, 6.07) is 4.85. The molecule has 1 aromatic carbocycles. The molecule has 0 radical (unpaired) electrons. The van der Waals surface area contributed by atoms with Crippen molar-refractivity contribution in [2.75, 3.05) is 0 Å². The SMILES string of the molecule is Cn1cc(SCc2ccc(Cl)c([N+](=O)[O-])c2)cn1. The van der Waals surface area contributed by atoms with E-state index in [1.54, 1.807) is 34.8 Å². The summed E-state index contributed by atoms with van der Waals surface area (Å²) >= 11 is 7.32. The first kappa shape index (κ1) is 12.9. The molecule has 0 unspecified atom stereocenters. The summed E-state index contributed by atoms with van der Waals surface area (Å²) in [5, 5.41) is 15.0. The van der Waals surface area contributed by atoms with E-state index in [9.17, 15) is 10.1 Å². The van der Waals surface area contributed by atoms with Gasteiger partial charge in [-0.2, -0.15) is 5.10 Å². The first-order chi connectivity index (χ1) is 8.56. The second-order valence-electron chi connectivity index (χ2n) is 3.68. The highest BCUT2D eigenvalue weighted by Crippen LogP contribution is 2.28. The molecule has 0 bridgehead atoms. The van der Waals surface area contributed by atoms with Crippen molar-refractivity contribution in [2.45, 2.75) is 10.6 Å². The summed E-state index contributed by atoms with van der Waals surface area (Å²) < 4.78 is 1.71. The third-order valence-electron chi connectivity index (χ3n) is 2.29. The molecule has 0 amide bonds. The maximum atomic E-state index is 10.8. The van der Waals surface area contributed by atoms with E-state index in [4.69, 9.17) is 11.6 Å². The van der Waals surface area contributed by atoms with Crippen molar-refractivity contribution in [3.8, 4) is 0 Å². The van der Waals surface area contributed by atoms with Gasteiger partial charge in [0.05, 0.1) is 11.1 Å². The summed E-state index contributed by atoms with van der Waals surface area (Å²) in [4.78, 5) is 11.3. The van der Waals surface area contributed by atoms with Crippen molar-refractivity contribution in [2.24, 2.45) is 7.05 Å². The predicted octanol–water partition coefficient (Wildman–Crippen LogP) is 3.27. The Kier molecular flexibility index (Phi) is 3.88. The molecule has 1 aromatic heterocycles. The lowest BCUT2D eigenvalue weighted by Gasteiger charge is -2.01. The summed E-state index contributed by atoms with van der Waals surface area (Å²) in [6.45, 7) is 0. The number of nitro benzene ring substituents is 1. The number of thioether (sulfide) groups is 1. The van der Waals surface area contributed by atoms with Gasteiger partial charge in [-0.1, -0.05) is 17.7 Å². The Morgan fingerprint density at radius 3 is 2.94 bits per heavy atom. The quantitative estimate of drug-likeness (QED) is 0.491. The summed E-state index contributed by atoms with van der Waals surface area (Å²) in [7, 11) is 1.84. The monoisotopic (exact) mass is 283 g/mol. The molecule has 94 valence electrons. The second-order valence-corrected chi connectivity index (χ2v) is 5.14. The Bertz CT molecular complexity index is 585. The lowest BCUT2D eigenvalue weighted by atomic mass is 10.2. The number of halogens is 1. The first-order valence-corrected chi connectivity index (χ1v) is 6.47. The molecule has 2 rings (SSSR count). The molecular formula is C11H10ClN3O2S. The van der Waals surface area contributed by atoms with Crippen LogP contribution in [0.3, 0.4) is 0 Å². The molecule has 0 atom stereocenters. The fraction of sp³-hybridized carbons (Fsp3) is 0.182. The van der Waals surface area contributed by atoms with Gasteiger partial charge in [-0.05, 0) is 11.6 Å². The lowest BCUT2D eigenvalue weighted by Crippen LogP contribution is -1.91. The lowest BCUT2D eigenvalue weighted by molar-refractivity contribution is -0.384. The van der Waals surface area contributed by atoms with Gasteiger partial charge in [0, 0.05) is 30.0 Å².